The Labute approximate surface area is 121 Å². The average Bonchev–Trinajstić information content (AvgIpc) is 2.26. The maximum Gasteiger partial charge on any atom is 0.410 e. The highest BCUT2D eigenvalue weighted by Crippen LogP contribution is 2.09. The minimum atomic E-state index is -0.533. The molecule has 0 bridgehead atoms. The van der Waals surface area contributed by atoms with Crippen LogP contribution in [0.2, 0.25) is 0 Å². The number of rotatable bonds is 5. The van der Waals surface area contributed by atoms with Gasteiger partial charge in [0.1, 0.15) is 5.60 Å². The Balaban J connectivity index is 4.15. The largest absolute Gasteiger partial charge is 0.444 e. The molecule has 6 heteroatoms. The van der Waals surface area contributed by atoms with Crippen molar-refractivity contribution in [1.82, 2.24) is 9.80 Å². The van der Waals surface area contributed by atoms with Crippen LogP contribution in [0.1, 0.15) is 47.5 Å². The van der Waals surface area contributed by atoms with Gasteiger partial charge in [-0.05, 0) is 34.1 Å². The molecule has 3 amide bonds. The monoisotopic (exact) mass is 286 g/mol. The number of amides is 3. The van der Waals surface area contributed by atoms with Crippen LogP contribution < -0.4 is 0 Å². The Morgan fingerprint density at radius 1 is 1.15 bits per heavy atom. The summed E-state index contributed by atoms with van der Waals surface area (Å²) in [6, 6.07) is 0. The van der Waals surface area contributed by atoms with E-state index < -0.39 is 11.7 Å². The van der Waals surface area contributed by atoms with Crippen molar-refractivity contribution in [3.63, 3.8) is 0 Å². The molecule has 0 radical (unpaired) electrons. The smallest absolute Gasteiger partial charge is 0.410 e. The van der Waals surface area contributed by atoms with E-state index >= 15 is 0 Å². The van der Waals surface area contributed by atoms with Gasteiger partial charge in [0.2, 0.25) is 11.8 Å². The first-order valence-electron chi connectivity index (χ1n) is 6.83. The van der Waals surface area contributed by atoms with Crippen LogP contribution in [0.15, 0.2) is 0 Å². The third kappa shape index (κ3) is 7.11. The summed E-state index contributed by atoms with van der Waals surface area (Å²) in [5, 5.41) is 0. The summed E-state index contributed by atoms with van der Waals surface area (Å²) in [4.78, 5) is 37.3. The fourth-order valence-corrected chi connectivity index (χ4v) is 1.61. The summed E-state index contributed by atoms with van der Waals surface area (Å²) in [7, 11) is 1.63. The highest BCUT2D eigenvalue weighted by atomic mass is 16.6. The molecular formula is C14H26N2O4. The second-order valence-corrected chi connectivity index (χ2v) is 5.66. The fourth-order valence-electron chi connectivity index (χ4n) is 1.61. The maximum absolute atomic E-state index is 11.8. The molecule has 0 aromatic rings. The quantitative estimate of drug-likeness (QED) is 0.775. The van der Waals surface area contributed by atoms with Crippen LogP contribution in [0.3, 0.4) is 0 Å². The molecule has 0 aromatic carbocycles. The summed E-state index contributed by atoms with van der Waals surface area (Å²) in [5.74, 6) is -0.462. The van der Waals surface area contributed by atoms with Crippen molar-refractivity contribution < 1.29 is 19.1 Å². The van der Waals surface area contributed by atoms with Crippen LogP contribution in [0.25, 0.3) is 0 Å². The predicted octanol–water partition coefficient (Wildman–Crippen LogP) is 2.03. The third-order valence-electron chi connectivity index (χ3n) is 2.59. The molecule has 20 heavy (non-hydrogen) atoms. The van der Waals surface area contributed by atoms with Crippen LogP contribution in [0, 0.1) is 0 Å². The zero-order valence-corrected chi connectivity index (χ0v) is 13.4. The summed E-state index contributed by atoms with van der Waals surface area (Å²) >= 11 is 0. The van der Waals surface area contributed by atoms with Gasteiger partial charge in [-0.25, -0.2) is 4.79 Å². The molecule has 6 nitrogen and oxygen atoms in total. The number of carbonyl (C=O) groups is 3. The maximum atomic E-state index is 11.8. The minimum absolute atomic E-state index is 0.211. The summed E-state index contributed by atoms with van der Waals surface area (Å²) < 4.78 is 5.20. The Morgan fingerprint density at radius 3 is 2.10 bits per heavy atom. The van der Waals surface area contributed by atoms with E-state index in [0.717, 1.165) is 0 Å². The van der Waals surface area contributed by atoms with E-state index in [1.807, 2.05) is 0 Å². The number of carbonyl (C=O) groups excluding carboxylic acids is 3. The first-order chi connectivity index (χ1) is 9.08. The second kappa shape index (κ2) is 7.87. The number of hydrogen-bond acceptors (Lipinski definition) is 4. The molecule has 0 aromatic heterocycles. The van der Waals surface area contributed by atoms with Gasteiger partial charge >= 0.3 is 6.09 Å². The first-order valence-corrected chi connectivity index (χ1v) is 6.83. The normalized spacial score (nSPS) is 10.9. The molecule has 0 saturated carbocycles. The highest BCUT2D eigenvalue weighted by molar-refractivity contribution is 5.94. The van der Waals surface area contributed by atoms with Gasteiger partial charge in [0, 0.05) is 33.5 Å². The Morgan fingerprint density at radius 2 is 1.70 bits per heavy atom. The number of nitrogens with zero attached hydrogens (tertiary/aromatic N) is 2. The molecule has 0 spiro atoms. The second-order valence-electron chi connectivity index (χ2n) is 5.66. The average molecular weight is 286 g/mol. The lowest BCUT2D eigenvalue weighted by Crippen LogP contribution is -2.37. The van der Waals surface area contributed by atoms with Crippen LogP contribution in [0.5, 0.6) is 0 Å². The van der Waals surface area contributed by atoms with E-state index in [2.05, 4.69) is 0 Å². The SMILES string of the molecule is CCN(C(C)=O)C(=O)CCCN(C)C(=O)OC(C)(C)C. The van der Waals surface area contributed by atoms with Gasteiger partial charge in [-0.3, -0.25) is 14.5 Å². The molecule has 0 aliphatic carbocycles. The van der Waals surface area contributed by atoms with Gasteiger partial charge < -0.3 is 9.64 Å². The molecule has 0 aliphatic heterocycles. The van der Waals surface area contributed by atoms with Gasteiger partial charge in [0.05, 0.1) is 0 Å². The number of imide groups is 1. The molecule has 116 valence electrons. The molecule has 0 saturated heterocycles. The third-order valence-corrected chi connectivity index (χ3v) is 2.59. The van der Waals surface area contributed by atoms with E-state index in [4.69, 9.17) is 4.74 Å². The predicted molar refractivity (Wildman–Crippen MR) is 76.2 cm³/mol. The van der Waals surface area contributed by atoms with Gasteiger partial charge in [-0.1, -0.05) is 0 Å². The Bertz CT molecular complexity index is 361. The lowest BCUT2D eigenvalue weighted by Gasteiger charge is -2.24. The van der Waals surface area contributed by atoms with Crippen LogP contribution in [-0.4, -0.2) is 53.4 Å². The van der Waals surface area contributed by atoms with Crippen molar-refractivity contribution in [1.29, 1.82) is 0 Å². The molecule has 0 atom stereocenters. The first kappa shape index (κ1) is 18.4. The highest BCUT2D eigenvalue weighted by Gasteiger charge is 2.20. The topological polar surface area (TPSA) is 66.9 Å². The molecular weight excluding hydrogens is 260 g/mol. The van der Waals surface area contributed by atoms with E-state index in [0.29, 0.717) is 19.5 Å². The molecule has 0 aliphatic rings. The van der Waals surface area contributed by atoms with Crippen molar-refractivity contribution in [2.45, 2.75) is 53.1 Å². The Hall–Kier alpha value is -1.59. The van der Waals surface area contributed by atoms with Gasteiger partial charge in [-0.2, -0.15) is 0 Å². The van der Waals surface area contributed by atoms with Crippen molar-refractivity contribution in [2.75, 3.05) is 20.1 Å². The summed E-state index contributed by atoms with van der Waals surface area (Å²) in [6.45, 7) is 9.31. The summed E-state index contributed by atoms with van der Waals surface area (Å²) in [5.41, 5.74) is -0.533. The molecule has 0 heterocycles. The van der Waals surface area contributed by atoms with Gasteiger partial charge in [0.15, 0.2) is 0 Å². The van der Waals surface area contributed by atoms with Gasteiger partial charge in [-0.15, -0.1) is 0 Å². The minimum Gasteiger partial charge on any atom is -0.444 e. The fraction of sp³-hybridized carbons (Fsp3) is 0.786. The van der Waals surface area contributed by atoms with Crippen molar-refractivity contribution in [3.05, 3.63) is 0 Å². The number of ether oxygens (including phenoxy) is 1. The van der Waals surface area contributed by atoms with Crippen molar-refractivity contribution >= 4 is 17.9 Å². The van der Waals surface area contributed by atoms with E-state index in [-0.39, 0.29) is 18.2 Å². The summed E-state index contributed by atoms with van der Waals surface area (Å²) in [6.07, 6.45) is 0.322. The van der Waals surface area contributed by atoms with Gasteiger partial charge in [0.25, 0.3) is 0 Å². The molecule has 0 rings (SSSR count). The van der Waals surface area contributed by atoms with Crippen molar-refractivity contribution in [2.24, 2.45) is 0 Å². The molecule has 0 unspecified atom stereocenters. The lowest BCUT2D eigenvalue weighted by atomic mass is 10.2. The van der Waals surface area contributed by atoms with Crippen LogP contribution >= 0.6 is 0 Å². The number of hydrogen-bond donors (Lipinski definition) is 0. The zero-order valence-electron chi connectivity index (χ0n) is 13.4. The van der Waals surface area contributed by atoms with Crippen molar-refractivity contribution in [3.8, 4) is 0 Å². The van der Waals surface area contributed by atoms with Crippen LogP contribution in [0.4, 0.5) is 4.79 Å². The van der Waals surface area contributed by atoms with Crippen LogP contribution in [-0.2, 0) is 14.3 Å². The molecule has 0 N–H and O–H groups in total. The standard InChI is InChI=1S/C14H26N2O4/c1-7-16(11(2)17)12(18)9-8-10-15(6)13(19)20-14(3,4)5/h7-10H2,1-6H3. The lowest BCUT2D eigenvalue weighted by molar-refractivity contribution is -0.143. The zero-order chi connectivity index (χ0) is 15.9. The van der Waals surface area contributed by atoms with E-state index in [1.54, 1.807) is 34.7 Å². The Kier molecular flexibility index (Phi) is 7.24. The molecule has 0 fully saturated rings. The van der Waals surface area contributed by atoms with E-state index in [9.17, 15) is 14.4 Å². The van der Waals surface area contributed by atoms with E-state index in [1.165, 1.54) is 16.7 Å².